The molecule has 0 aromatic heterocycles. The predicted molar refractivity (Wildman–Crippen MR) is 111 cm³/mol. The van der Waals surface area contributed by atoms with Gasteiger partial charge in [-0.1, -0.05) is 25.1 Å². The number of anilines is 1. The van der Waals surface area contributed by atoms with Crippen LogP contribution in [0.1, 0.15) is 63.7 Å². The van der Waals surface area contributed by atoms with Crippen molar-refractivity contribution in [1.29, 1.82) is 0 Å². The van der Waals surface area contributed by atoms with Crippen LogP contribution in [0.15, 0.2) is 48.5 Å². The van der Waals surface area contributed by atoms with Gasteiger partial charge in [0, 0.05) is 23.7 Å². The highest BCUT2D eigenvalue weighted by molar-refractivity contribution is 6.09. The molecule has 0 aliphatic carbocycles. The fourth-order valence-electron chi connectivity index (χ4n) is 3.73. The lowest BCUT2D eigenvalue weighted by Gasteiger charge is -2.35. The zero-order valence-electron chi connectivity index (χ0n) is 16.8. The molecule has 152 valence electrons. The summed E-state index contributed by atoms with van der Waals surface area (Å²) in [5.41, 5.74) is 1.50. The number of amides is 2. The summed E-state index contributed by atoms with van der Waals surface area (Å²) in [4.78, 5) is 39.6. The normalized spacial score (nSPS) is 16.2. The third kappa shape index (κ3) is 4.65. The molecule has 29 heavy (non-hydrogen) atoms. The fraction of sp³-hybridized carbons (Fsp3) is 0.348. The Balaban J connectivity index is 1.80. The quantitative estimate of drug-likeness (QED) is 0.774. The molecular weight excluding hydrogens is 368 g/mol. The second-order valence-electron chi connectivity index (χ2n) is 7.13. The number of benzene rings is 2. The summed E-state index contributed by atoms with van der Waals surface area (Å²) in [7, 11) is 1.29. The highest BCUT2D eigenvalue weighted by Gasteiger charge is 2.26. The Morgan fingerprint density at radius 2 is 1.83 bits per heavy atom. The molecule has 1 heterocycles. The van der Waals surface area contributed by atoms with E-state index in [1.807, 2.05) is 4.90 Å². The first-order valence-corrected chi connectivity index (χ1v) is 9.95. The van der Waals surface area contributed by atoms with E-state index < -0.39 is 5.97 Å². The van der Waals surface area contributed by atoms with Crippen molar-refractivity contribution in [3.63, 3.8) is 0 Å². The lowest BCUT2D eigenvalue weighted by Crippen LogP contribution is -2.43. The van der Waals surface area contributed by atoms with Crippen molar-refractivity contribution in [2.75, 3.05) is 19.0 Å². The number of piperidine rings is 1. The van der Waals surface area contributed by atoms with E-state index in [0.29, 0.717) is 16.8 Å². The van der Waals surface area contributed by atoms with Gasteiger partial charge in [0.1, 0.15) is 0 Å². The van der Waals surface area contributed by atoms with Gasteiger partial charge in [-0.3, -0.25) is 9.59 Å². The number of likely N-dealkylation sites (tertiary alicyclic amines) is 1. The van der Waals surface area contributed by atoms with Crippen LogP contribution in [0.3, 0.4) is 0 Å². The number of rotatable bonds is 5. The molecule has 6 heteroatoms. The van der Waals surface area contributed by atoms with E-state index in [4.69, 9.17) is 4.74 Å². The molecule has 0 radical (unpaired) electrons. The van der Waals surface area contributed by atoms with Crippen molar-refractivity contribution in [3.8, 4) is 0 Å². The van der Waals surface area contributed by atoms with E-state index in [2.05, 4.69) is 12.2 Å². The number of carbonyl (C=O) groups excluding carboxylic acids is 3. The molecule has 1 unspecified atom stereocenters. The summed E-state index contributed by atoms with van der Waals surface area (Å²) in [6, 6.07) is 13.6. The van der Waals surface area contributed by atoms with Crippen LogP contribution in [0, 0.1) is 0 Å². The van der Waals surface area contributed by atoms with Crippen molar-refractivity contribution in [3.05, 3.63) is 65.2 Å². The van der Waals surface area contributed by atoms with Gasteiger partial charge in [0.15, 0.2) is 0 Å². The Hall–Kier alpha value is -3.15. The number of carbonyl (C=O) groups is 3. The number of nitrogens with zero attached hydrogens (tertiary/aromatic N) is 1. The minimum atomic E-state index is -0.527. The molecule has 0 saturated carbocycles. The Bertz CT molecular complexity index is 909. The van der Waals surface area contributed by atoms with Crippen LogP contribution in [0.25, 0.3) is 0 Å². The second kappa shape index (κ2) is 9.37. The van der Waals surface area contributed by atoms with E-state index in [0.717, 1.165) is 32.2 Å². The monoisotopic (exact) mass is 394 g/mol. The number of nitrogens with one attached hydrogen (secondary N) is 1. The molecule has 3 rings (SSSR count). The lowest BCUT2D eigenvalue weighted by molar-refractivity contribution is 0.0596. The highest BCUT2D eigenvalue weighted by atomic mass is 16.5. The molecule has 1 N–H and O–H groups in total. The van der Waals surface area contributed by atoms with Crippen molar-refractivity contribution in [2.24, 2.45) is 0 Å². The molecule has 1 atom stereocenters. The maximum absolute atomic E-state index is 13.0. The van der Waals surface area contributed by atoms with Gasteiger partial charge < -0.3 is 15.0 Å². The molecule has 0 bridgehead atoms. The SMILES string of the molecule is CCC1CCCCN1C(=O)c1cccc(C(=O)Nc2ccccc2C(=O)OC)c1. The number of esters is 1. The number of hydrogen-bond donors (Lipinski definition) is 1. The minimum Gasteiger partial charge on any atom is -0.465 e. The standard InChI is InChI=1S/C23H26N2O4/c1-3-18-11-6-7-14-25(18)22(27)17-10-8-9-16(15-17)21(26)24-20-13-5-4-12-19(20)23(28)29-2/h4-5,8-10,12-13,15,18H,3,6-7,11,14H2,1-2H3,(H,24,26). The van der Waals surface area contributed by atoms with Gasteiger partial charge in [0.2, 0.25) is 0 Å². The molecular formula is C23H26N2O4. The minimum absolute atomic E-state index is 0.0406. The van der Waals surface area contributed by atoms with Gasteiger partial charge in [0.25, 0.3) is 11.8 Å². The maximum atomic E-state index is 13.0. The van der Waals surface area contributed by atoms with Gasteiger partial charge in [-0.2, -0.15) is 0 Å². The molecule has 2 aromatic carbocycles. The van der Waals surface area contributed by atoms with Crippen molar-refractivity contribution < 1.29 is 19.1 Å². The average molecular weight is 394 g/mol. The first-order valence-electron chi connectivity index (χ1n) is 9.95. The number of hydrogen-bond acceptors (Lipinski definition) is 4. The van der Waals surface area contributed by atoms with E-state index in [1.54, 1.807) is 48.5 Å². The smallest absolute Gasteiger partial charge is 0.339 e. The summed E-state index contributed by atoms with van der Waals surface area (Å²) in [6.07, 6.45) is 4.10. The number of para-hydroxylation sites is 1. The van der Waals surface area contributed by atoms with Crippen LogP contribution < -0.4 is 5.32 Å². The molecule has 1 aliphatic heterocycles. The van der Waals surface area contributed by atoms with Crippen LogP contribution in [-0.4, -0.2) is 42.4 Å². The van der Waals surface area contributed by atoms with E-state index in [-0.39, 0.29) is 23.4 Å². The van der Waals surface area contributed by atoms with Crippen molar-refractivity contribution in [2.45, 2.75) is 38.6 Å². The van der Waals surface area contributed by atoms with E-state index in [1.165, 1.54) is 7.11 Å². The zero-order valence-corrected chi connectivity index (χ0v) is 16.8. The van der Waals surface area contributed by atoms with Crippen molar-refractivity contribution >= 4 is 23.5 Å². The average Bonchev–Trinajstić information content (AvgIpc) is 2.78. The fourth-order valence-corrected chi connectivity index (χ4v) is 3.73. The van der Waals surface area contributed by atoms with Crippen molar-refractivity contribution in [1.82, 2.24) is 4.90 Å². The Morgan fingerprint density at radius 3 is 2.59 bits per heavy atom. The lowest BCUT2D eigenvalue weighted by atomic mass is 9.98. The molecule has 0 spiro atoms. The zero-order chi connectivity index (χ0) is 20.8. The number of methoxy groups -OCH3 is 1. The summed E-state index contributed by atoms with van der Waals surface area (Å²) < 4.78 is 4.76. The van der Waals surface area contributed by atoms with Gasteiger partial charge in [-0.05, 0) is 56.0 Å². The second-order valence-corrected chi connectivity index (χ2v) is 7.13. The number of ether oxygens (including phenoxy) is 1. The summed E-state index contributed by atoms with van der Waals surface area (Å²) in [6.45, 7) is 2.85. The van der Waals surface area contributed by atoms with Gasteiger partial charge in [-0.25, -0.2) is 4.79 Å². The topological polar surface area (TPSA) is 75.7 Å². The van der Waals surface area contributed by atoms with Crippen LogP contribution in [0.4, 0.5) is 5.69 Å². The predicted octanol–water partition coefficient (Wildman–Crippen LogP) is 4.13. The Morgan fingerprint density at radius 1 is 1.07 bits per heavy atom. The van der Waals surface area contributed by atoms with E-state index in [9.17, 15) is 14.4 Å². The van der Waals surface area contributed by atoms with Gasteiger partial charge in [0.05, 0.1) is 18.4 Å². The van der Waals surface area contributed by atoms with Gasteiger partial charge >= 0.3 is 5.97 Å². The molecule has 1 fully saturated rings. The molecule has 6 nitrogen and oxygen atoms in total. The maximum Gasteiger partial charge on any atom is 0.339 e. The third-order valence-electron chi connectivity index (χ3n) is 5.31. The van der Waals surface area contributed by atoms with Crippen LogP contribution in [0.2, 0.25) is 0 Å². The summed E-state index contributed by atoms with van der Waals surface area (Å²) in [5.74, 6) is -0.955. The Kier molecular flexibility index (Phi) is 6.65. The molecule has 1 saturated heterocycles. The van der Waals surface area contributed by atoms with Crippen LogP contribution in [-0.2, 0) is 4.74 Å². The summed E-state index contributed by atoms with van der Waals surface area (Å²) in [5, 5.41) is 2.74. The molecule has 1 aliphatic rings. The molecule has 2 aromatic rings. The summed E-state index contributed by atoms with van der Waals surface area (Å²) >= 11 is 0. The van der Waals surface area contributed by atoms with Crippen LogP contribution in [0.5, 0.6) is 0 Å². The van der Waals surface area contributed by atoms with Gasteiger partial charge in [-0.15, -0.1) is 0 Å². The first kappa shape index (κ1) is 20.6. The largest absolute Gasteiger partial charge is 0.465 e. The first-order chi connectivity index (χ1) is 14.0. The third-order valence-corrected chi connectivity index (χ3v) is 5.31. The van der Waals surface area contributed by atoms with E-state index >= 15 is 0 Å². The molecule has 2 amide bonds. The van der Waals surface area contributed by atoms with Crippen LogP contribution >= 0.6 is 0 Å². The highest BCUT2D eigenvalue weighted by Crippen LogP contribution is 2.23. The Labute approximate surface area is 170 Å².